The van der Waals surface area contributed by atoms with Gasteiger partial charge in [0.25, 0.3) is 0 Å². The molecule has 0 aromatic heterocycles. The summed E-state index contributed by atoms with van der Waals surface area (Å²) < 4.78 is 28.1. The molecular weight excluding hydrogens is 458 g/mol. The first-order chi connectivity index (χ1) is 17.5. The lowest BCUT2D eigenvalue weighted by Gasteiger charge is -2.33. The van der Waals surface area contributed by atoms with Crippen molar-refractivity contribution >= 4 is 11.8 Å². The van der Waals surface area contributed by atoms with Gasteiger partial charge in [0, 0.05) is 24.6 Å². The third-order valence-electron chi connectivity index (χ3n) is 6.79. The summed E-state index contributed by atoms with van der Waals surface area (Å²) in [6.07, 6.45) is 5.42. The number of halogens is 2. The van der Waals surface area contributed by atoms with Crippen molar-refractivity contribution in [3.05, 3.63) is 107 Å². The van der Waals surface area contributed by atoms with E-state index in [-0.39, 0.29) is 36.6 Å². The number of nitrogens with zero attached hydrogens (tertiary/aromatic N) is 1. The lowest BCUT2D eigenvalue weighted by molar-refractivity contribution is -0.141. The van der Waals surface area contributed by atoms with Crippen LogP contribution in [-0.2, 0) is 29.0 Å². The third kappa shape index (κ3) is 7.00. The van der Waals surface area contributed by atoms with Crippen LogP contribution in [-0.4, -0.2) is 28.8 Å². The highest BCUT2D eigenvalue weighted by atomic mass is 19.1. The first kappa shape index (κ1) is 25.5. The van der Waals surface area contributed by atoms with Crippen LogP contribution in [0.25, 0.3) is 0 Å². The van der Waals surface area contributed by atoms with Gasteiger partial charge in [-0.2, -0.15) is 0 Å². The zero-order valence-corrected chi connectivity index (χ0v) is 20.3. The van der Waals surface area contributed by atoms with Crippen molar-refractivity contribution in [2.45, 2.75) is 63.6 Å². The second kappa shape index (κ2) is 12.4. The number of hydrogen-bond donors (Lipinski definition) is 1. The fourth-order valence-electron chi connectivity index (χ4n) is 4.79. The minimum absolute atomic E-state index is 0.0171. The van der Waals surface area contributed by atoms with E-state index in [9.17, 15) is 18.4 Å². The molecule has 0 saturated heterocycles. The minimum atomic E-state index is -0.818. The summed E-state index contributed by atoms with van der Waals surface area (Å²) in [5, 5.41) is 3.17. The van der Waals surface area contributed by atoms with Gasteiger partial charge >= 0.3 is 0 Å². The molecule has 1 N–H and O–H groups in total. The molecule has 0 heterocycles. The fraction of sp³-hybridized carbons (Fsp3) is 0.333. The van der Waals surface area contributed by atoms with Crippen molar-refractivity contribution in [3.8, 4) is 0 Å². The molecule has 1 saturated carbocycles. The van der Waals surface area contributed by atoms with E-state index in [0.717, 1.165) is 37.7 Å². The van der Waals surface area contributed by atoms with Gasteiger partial charge in [0.15, 0.2) is 0 Å². The Hall–Kier alpha value is -3.54. The molecule has 1 atom stereocenters. The maximum atomic E-state index is 14.7. The molecule has 0 spiro atoms. The molecule has 1 unspecified atom stereocenters. The highest BCUT2D eigenvalue weighted by Crippen LogP contribution is 2.21. The van der Waals surface area contributed by atoms with E-state index in [1.165, 1.54) is 23.1 Å². The Kier molecular flexibility index (Phi) is 8.82. The maximum Gasteiger partial charge on any atom is 0.243 e. The first-order valence-corrected chi connectivity index (χ1v) is 12.6. The highest BCUT2D eigenvalue weighted by molar-refractivity contribution is 5.89. The van der Waals surface area contributed by atoms with Crippen LogP contribution in [0, 0.1) is 11.6 Å². The molecule has 3 aromatic rings. The lowest BCUT2D eigenvalue weighted by atomic mass is 9.94. The smallest absolute Gasteiger partial charge is 0.243 e. The molecule has 2 amide bonds. The van der Waals surface area contributed by atoms with Gasteiger partial charge in [-0.25, -0.2) is 8.78 Å². The average Bonchev–Trinajstić information content (AvgIpc) is 2.89. The van der Waals surface area contributed by atoms with Gasteiger partial charge in [0.05, 0.1) is 6.42 Å². The molecule has 1 fully saturated rings. The van der Waals surface area contributed by atoms with Crippen LogP contribution in [0.1, 0.15) is 48.8 Å². The molecule has 0 aliphatic heterocycles. The van der Waals surface area contributed by atoms with Crippen LogP contribution in [0.3, 0.4) is 0 Å². The van der Waals surface area contributed by atoms with Crippen LogP contribution in [0.4, 0.5) is 8.78 Å². The molecule has 1 aliphatic carbocycles. The zero-order valence-electron chi connectivity index (χ0n) is 20.3. The quantitative estimate of drug-likeness (QED) is 0.425. The van der Waals surface area contributed by atoms with Gasteiger partial charge in [0.1, 0.15) is 17.7 Å². The summed E-state index contributed by atoms with van der Waals surface area (Å²) in [4.78, 5) is 28.8. The van der Waals surface area contributed by atoms with Gasteiger partial charge in [-0.1, -0.05) is 79.9 Å². The summed E-state index contributed by atoms with van der Waals surface area (Å²) >= 11 is 0. The Balaban J connectivity index is 1.65. The molecular formula is C30H32F2N2O2. The van der Waals surface area contributed by atoms with Crippen LogP contribution in [0.5, 0.6) is 0 Å². The van der Waals surface area contributed by atoms with Crippen molar-refractivity contribution in [3.63, 3.8) is 0 Å². The van der Waals surface area contributed by atoms with E-state index in [1.54, 1.807) is 30.3 Å². The van der Waals surface area contributed by atoms with Crippen LogP contribution in [0.15, 0.2) is 78.9 Å². The van der Waals surface area contributed by atoms with E-state index in [2.05, 4.69) is 5.32 Å². The van der Waals surface area contributed by atoms with Crippen LogP contribution < -0.4 is 5.32 Å². The summed E-state index contributed by atoms with van der Waals surface area (Å²) in [5.41, 5.74) is 1.88. The number of carbonyl (C=O) groups excluding carboxylic acids is 2. The topological polar surface area (TPSA) is 49.4 Å². The Morgan fingerprint density at radius 1 is 0.833 bits per heavy atom. The minimum Gasteiger partial charge on any atom is -0.352 e. The largest absolute Gasteiger partial charge is 0.352 e. The Morgan fingerprint density at radius 3 is 2.19 bits per heavy atom. The van der Waals surface area contributed by atoms with E-state index in [4.69, 9.17) is 0 Å². The lowest BCUT2D eigenvalue weighted by Crippen LogP contribution is -2.53. The summed E-state index contributed by atoms with van der Waals surface area (Å²) in [5.74, 6) is -1.36. The van der Waals surface area contributed by atoms with Crippen molar-refractivity contribution < 1.29 is 18.4 Å². The summed E-state index contributed by atoms with van der Waals surface area (Å²) in [6.45, 7) is -0.0394. The van der Waals surface area contributed by atoms with Crippen molar-refractivity contribution in [2.75, 3.05) is 0 Å². The molecule has 36 heavy (non-hydrogen) atoms. The third-order valence-corrected chi connectivity index (χ3v) is 6.79. The van der Waals surface area contributed by atoms with Crippen LogP contribution >= 0.6 is 0 Å². The normalized spacial score (nSPS) is 14.7. The first-order valence-electron chi connectivity index (χ1n) is 12.6. The molecule has 0 bridgehead atoms. The Bertz CT molecular complexity index is 1150. The standard InChI is InChI=1S/C30H32F2N2O2/c31-25-17-15-23(16-18-25)20-29(35)34(21-24-11-7-8-14-27(24)32)28(19-22-9-3-1-4-10-22)30(36)33-26-12-5-2-6-13-26/h1,3-4,7-11,14-18,26,28H,2,5-6,12-13,19-21H2,(H,33,36). The molecule has 188 valence electrons. The fourth-order valence-corrected chi connectivity index (χ4v) is 4.79. The highest BCUT2D eigenvalue weighted by Gasteiger charge is 2.32. The van der Waals surface area contributed by atoms with Gasteiger partial charge < -0.3 is 10.2 Å². The molecule has 4 rings (SSSR count). The number of benzene rings is 3. The Labute approximate surface area is 211 Å². The predicted octanol–water partition coefficient (Wildman–Crippen LogP) is 5.60. The van der Waals surface area contributed by atoms with E-state index >= 15 is 0 Å². The number of carbonyl (C=O) groups is 2. The number of hydrogen-bond acceptors (Lipinski definition) is 2. The van der Waals surface area contributed by atoms with Gasteiger partial charge in [-0.15, -0.1) is 0 Å². The number of nitrogens with one attached hydrogen (secondary N) is 1. The van der Waals surface area contributed by atoms with Crippen LogP contribution in [0.2, 0.25) is 0 Å². The molecule has 6 heteroatoms. The van der Waals surface area contributed by atoms with E-state index in [0.29, 0.717) is 17.5 Å². The molecule has 0 radical (unpaired) electrons. The summed E-state index contributed by atoms with van der Waals surface area (Å²) in [6, 6.07) is 20.8. The van der Waals surface area contributed by atoms with E-state index in [1.807, 2.05) is 30.3 Å². The predicted molar refractivity (Wildman–Crippen MR) is 136 cm³/mol. The average molecular weight is 491 g/mol. The van der Waals surface area contributed by atoms with Crippen molar-refractivity contribution in [1.29, 1.82) is 0 Å². The van der Waals surface area contributed by atoms with E-state index < -0.39 is 11.9 Å². The molecule has 3 aromatic carbocycles. The number of amides is 2. The zero-order chi connectivity index (χ0) is 25.3. The molecule has 4 nitrogen and oxygen atoms in total. The Morgan fingerprint density at radius 2 is 1.50 bits per heavy atom. The monoisotopic (exact) mass is 490 g/mol. The van der Waals surface area contributed by atoms with Gasteiger partial charge in [-0.05, 0) is 42.2 Å². The van der Waals surface area contributed by atoms with Crippen molar-refractivity contribution in [1.82, 2.24) is 10.2 Å². The number of rotatable bonds is 9. The van der Waals surface area contributed by atoms with Crippen molar-refractivity contribution in [2.24, 2.45) is 0 Å². The SMILES string of the molecule is O=C(NC1CCCCC1)C(Cc1ccccc1)N(Cc1ccccc1F)C(=O)Cc1ccc(F)cc1. The second-order valence-corrected chi connectivity index (χ2v) is 9.47. The summed E-state index contributed by atoms with van der Waals surface area (Å²) in [7, 11) is 0. The molecule has 1 aliphatic rings. The van der Waals surface area contributed by atoms with Gasteiger partial charge in [-0.3, -0.25) is 9.59 Å². The maximum absolute atomic E-state index is 14.7. The second-order valence-electron chi connectivity index (χ2n) is 9.47. The van der Waals surface area contributed by atoms with Gasteiger partial charge in [0.2, 0.25) is 11.8 Å².